The number of anilines is 2. The number of amides is 1. The molecule has 0 unspecified atom stereocenters. The van der Waals surface area contributed by atoms with Gasteiger partial charge in [0.15, 0.2) is 0 Å². The number of rotatable bonds is 4. The molecule has 1 aromatic carbocycles. The molecule has 1 saturated heterocycles. The molecule has 0 radical (unpaired) electrons. The molecule has 156 valence electrons. The lowest BCUT2D eigenvalue weighted by molar-refractivity contribution is 0.102. The van der Waals surface area contributed by atoms with Gasteiger partial charge < -0.3 is 15.5 Å². The molecule has 5 rings (SSSR count). The Labute approximate surface area is 179 Å². The summed E-state index contributed by atoms with van der Waals surface area (Å²) in [6.07, 6.45) is 5.43. The SMILES string of the molecule is Cn1cc(-c2ccc3cnc(NC(=O)c4cccc(N5CCNCC5)c4)cc3n2)cn1. The van der Waals surface area contributed by atoms with Crippen molar-refractivity contribution in [1.29, 1.82) is 0 Å². The van der Waals surface area contributed by atoms with E-state index in [1.807, 2.05) is 49.6 Å². The molecule has 0 aliphatic carbocycles. The van der Waals surface area contributed by atoms with E-state index in [-0.39, 0.29) is 5.91 Å². The molecule has 0 bridgehead atoms. The van der Waals surface area contributed by atoms with Crippen molar-refractivity contribution in [3.63, 3.8) is 0 Å². The molecular formula is C23H23N7O. The third-order valence-electron chi connectivity index (χ3n) is 5.41. The Kier molecular flexibility index (Phi) is 5.05. The van der Waals surface area contributed by atoms with Crippen LogP contribution in [0, 0.1) is 0 Å². The van der Waals surface area contributed by atoms with Gasteiger partial charge in [-0.25, -0.2) is 9.97 Å². The molecule has 0 saturated carbocycles. The lowest BCUT2D eigenvalue weighted by atomic mass is 10.1. The van der Waals surface area contributed by atoms with Crippen LogP contribution >= 0.6 is 0 Å². The van der Waals surface area contributed by atoms with Crippen molar-refractivity contribution in [1.82, 2.24) is 25.1 Å². The number of nitrogens with zero attached hydrogens (tertiary/aromatic N) is 5. The van der Waals surface area contributed by atoms with Gasteiger partial charge in [-0.05, 0) is 30.3 Å². The Hall–Kier alpha value is -3.78. The molecule has 4 heterocycles. The summed E-state index contributed by atoms with van der Waals surface area (Å²) in [5.41, 5.74) is 4.20. The van der Waals surface area contributed by atoms with Crippen molar-refractivity contribution >= 4 is 28.3 Å². The second-order valence-electron chi connectivity index (χ2n) is 7.60. The molecule has 1 amide bonds. The molecule has 1 aliphatic rings. The number of hydrogen-bond donors (Lipinski definition) is 2. The third kappa shape index (κ3) is 4.10. The van der Waals surface area contributed by atoms with Gasteiger partial charge in [0.2, 0.25) is 0 Å². The standard InChI is InChI=1S/C23H23N7O/c1-29-15-18(14-26-29)20-6-5-17-13-25-22(12-21(17)27-20)28-23(31)16-3-2-4-19(11-16)30-9-7-24-8-10-30/h2-6,11-15,24H,7-10H2,1H3,(H,25,28,31). The highest BCUT2D eigenvalue weighted by atomic mass is 16.1. The average Bonchev–Trinajstić information content (AvgIpc) is 3.25. The van der Waals surface area contributed by atoms with Gasteiger partial charge in [-0.1, -0.05) is 6.07 Å². The Balaban J connectivity index is 1.37. The van der Waals surface area contributed by atoms with E-state index in [2.05, 4.69) is 25.6 Å². The zero-order valence-electron chi connectivity index (χ0n) is 17.2. The van der Waals surface area contributed by atoms with Gasteiger partial charge in [0, 0.05) is 73.9 Å². The minimum Gasteiger partial charge on any atom is -0.369 e. The predicted molar refractivity (Wildman–Crippen MR) is 121 cm³/mol. The van der Waals surface area contributed by atoms with E-state index in [4.69, 9.17) is 4.98 Å². The van der Waals surface area contributed by atoms with E-state index in [0.29, 0.717) is 11.4 Å². The number of piperazine rings is 1. The zero-order valence-corrected chi connectivity index (χ0v) is 17.2. The molecule has 8 heteroatoms. The zero-order chi connectivity index (χ0) is 21.2. The summed E-state index contributed by atoms with van der Waals surface area (Å²) in [5, 5.41) is 11.4. The van der Waals surface area contributed by atoms with Crippen LogP contribution in [0.4, 0.5) is 11.5 Å². The monoisotopic (exact) mass is 413 g/mol. The number of nitrogens with one attached hydrogen (secondary N) is 2. The Morgan fingerprint density at radius 1 is 1.10 bits per heavy atom. The van der Waals surface area contributed by atoms with Crippen LogP contribution in [-0.2, 0) is 7.05 Å². The first-order valence-corrected chi connectivity index (χ1v) is 10.3. The molecule has 1 aliphatic heterocycles. The quantitative estimate of drug-likeness (QED) is 0.535. The van der Waals surface area contributed by atoms with E-state index in [9.17, 15) is 4.79 Å². The van der Waals surface area contributed by atoms with Crippen molar-refractivity contribution in [2.24, 2.45) is 7.05 Å². The smallest absolute Gasteiger partial charge is 0.256 e. The number of aryl methyl sites for hydroxylation is 1. The van der Waals surface area contributed by atoms with Gasteiger partial charge in [-0.15, -0.1) is 0 Å². The van der Waals surface area contributed by atoms with Crippen molar-refractivity contribution in [3.05, 3.63) is 66.6 Å². The molecule has 2 N–H and O–H groups in total. The fraction of sp³-hybridized carbons (Fsp3) is 0.217. The first-order valence-electron chi connectivity index (χ1n) is 10.3. The Morgan fingerprint density at radius 2 is 1.97 bits per heavy atom. The molecule has 1 fully saturated rings. The highest BCUT2D eigenvalue weighted by molar-refractivity contribution is 6.05. The van der Waals surface area contributed by atoms with E-state index < -0.39 is 0 Å². The third-order valence-corrected chi connectivity index (χ3v) is 5.41. The van der Waals surface area contributed by atoms with Gasteiger partial charge in [-0.2, -0.15) is 5.10 Å². The normalized spacial score (nSPS) is 14.0. The predicted octanol–water partition coefficient (Wildman–Crippen LogP) is 2.69. The van der Waals surface area contributed by atoms with Crippen LogP contribution in [0.25, 0.3) is 22.2 Å². The summed E-state index contributed by atoms with van der Waals surface area (Å²) >= 11 is 0. The molecule has 0 spiro atoms. The van der Waals surface area contributed by atoms with Crippen LogP contribution in [0.3, 0.4) is 0 Å². The molecule has 4 aromatic rings. The first-order chi connectivity index (χ1) is 15.2. The summed E-state index contributed by atoms with van der Waals surface area (Å²) in [6, 6.07) is 13.4. The number of fused-ring (bicyclic) bond motifs is 1. The fourth-order valence-electron chi connectivity index (χ4n) is 3.75. The minimum atomic E-state index is -0.188. The average molecular weight is 413 g/mol. The van der Waals surface area contributed by atoms with Crippen molar-refractivity contribution in [2.45, 2.75) is 0 Å². The second kappa shape index (κ2) is 8.16. The molecule has 31 heavy (non-hydrogen) atoms. The number of hydrogen-bond acceptors (Lipinski definition) is 6. The largest absolute Gasteiger partial charge is 0.369 e. The highest BCUT2D eigenvalue weighted by Gasteiger charge is 2.14. The molecular weight excluding hydrogens is 390 g/mol. The van der Waals surface area contributed by atoms with Crippen molar-refractivity contribution < 1.29 is 4.79 Å². The topological polar surface area (TPSA) is 88.0 Å². The van der Waals surface area contributed by atoms with E-state index in [1.165, 1.54) is 0 Å². The van der Waals surface area contributed by atoms with E-state index in [0.717, 1.165) is 54.0 Å². The van der Waals surface area contributed by atoms with E-state index in [1.54, 1.807) is 23.1 Å². The van der Waals surface area contributed by atoms with Gasteiger partial charge in [0.25, 0.3) is 5.91 Å². The lowest BCUT2D eigenvalue weighted by Gasteiger charge is -2.29. The molecule has 3 aromatic heterocycles. The first kappa shape index (κ1) is 19.2. The maximum absolute atomic E-state index is 12.9. The van der Waals surface area contributed by atoms with Crippen molar-refractivity contribution in [3.8, 4) is 11.3 Å². The maximum atomic E-state index is 12.9. The molecule has 8 nitrogen and oxygen atoms in total. The molecule has 0 atom stereocenters. The van der Waals surface area contributed by atoms with Gasteiger partial charge in [0.1, 0.15) is 5.82 Å². The summed E-state index contributed by atoms with van der Waals surface area (Å²) in [6.45, 7) is 3.77. The van der Waals surface area contributed by atoms with Crippen LogP contribution in [0.5, 0.6) is 0 Å². The summed E-state index contributed by atoms with van der Waals surface area (Å²) < 4.78 is 1.74. The van der Waals surface area contributed by atoms with Crippen LogP contribution in [0.15, 0.2) is 61.1 Å². The van der Waals surface area contributed by atoms with Crippen LogP contribution in [0.2, 0.25) is 0 Å². The number of aromatic nitrogens is 4. The number of carbonyl (C=O) groups is 1. The number of pyridine rings is 2. The van der Waals surface area contributed by atoms with Gasteiger partial charge in [0.05, 0.1) is 17.4 Å². The van der Waals surface area contributed by atoms with Crippen LogP contribution < -0.4 is 15.5 Å². The maximum Gasteiger partial charge on any atom is 0.256 e. The highest BCUT2D eigenvalue weighted by Crippen LogP contribution is 2.22. The van der Waals surface area contributed by atoms with Gasteiger partial charge >= 0.3 is 0 Å². The summed E-state index contributed by atoms with van der Waals surface area (Å²) in [7, 11) is 1.87. The fourth-order valence-corrected chi connectivity index (χ4v) is 3.75. The van der Waals surface area contributed by atoms with Crippen molar-refractivity contribution in [2.75, 3.05) is 36.4 Å². The lowest BCUT2D eigenvalue weighted by Crippen LogP contribution is -2.43. The van der Waals surface area contributed by atoms with Gasteiger partial charge in [-0.3, -0.25) is 9.48 Å². The number of carbonyl (C=O) groups excluding carboxylic acids is 1. The number of benzene rings is 1. The second-order valence-corrected chi connectivity index (χ2v) is 7.60. The van der Waals surface area contributed by atoms with Crippen LogP contribution in [-0.4, -0.2) is 51.8 Å². The summed E-state index contributed by atoms with van der Waals surface area (Å²) in [5.74, 6) is 0.285. The Bertz CT molecular complexity index is 1240. The van der Waals surface area contributed by atoms with Crippen LogP contribution in [0.1, 0.15) is 10.4 Å². The minimum absolute atomic E-state index is 0.188. The van der Waals surface area contributed by atoms with E-state index >= 15 is 0 Å². The Morgan fingerprint density at radius 3 is 2.77 bits per heavy atom. The summed E-state index contributed by atoms with van der Waals surface area (Å²) in [4.78, 5) is 24.2.